The molecule has 0 bridgehead atoms. The van der Waals surface area contributed by atoms with Crippen molar-refractivity contribution < 1.29 is 4.74 Å². The summed E-state index contributed by atoms with van der Waals surface area (Å²) in [5, 5.41) is 7.44. The molecule has 0 radical (unpaired) electrons. The zero-order chi connectivity index (χ0) is 21.9. The minimum absolute atomic E-state index is 0.539. The van der Waals surface area contributed by atoms with Gasteiger partial charge in [0.05, 0.1) is 17.8 Å². The molecule has 31 heavy (non-hydrogen) atoms. The van der Waals surface area contributed by atoms with Gasteiger partial charge in [0.2, 0.25) is 5.88 Å². The Labute approximate surface area is 189 Å². The van der Waals surface area contributed by atoms with E-state index in [2.05, 4.69) is 58.3 Å². The molecule has 0 unspecified atom stereocenters. The lowest BCUT2D eigenvalue weighted by molar-refractivity contribution is 0.310. The van der Waals surface area contributed by atoms with Gasteiger partial charge in [-0.1, -0.05) is 43.7 Å². The van der Waals surface area contributed by atoms with Crippen molar-refractivity contribution in [2.24, 2.45) is 5.10 Å². The number of hydrogen-bond acceptors (Lipinski definition) is 7. The van der Waals surface area contributed by atoms with E-state index in [1.54, 1.807) is 17.6 Å². The number of hydrazone groups is 1. The predicted molar refractivity (Wildman–Crippen MR) is 131 cm³/mol. The Bertz CT molecular complexity index is 952. The lowest BCUT2D eigenvalue weighted by atomic mass is 10.2. The quantitative estimate of drug-likeness (QED) is 0.298. The first-order valence-electron chi connectivity index (χ1n) is 10.8. The minimum Gasteiger partial charge on any atom is -0.477 e. The average Bonchev–Trinajstić information content (AvgIpc) is 3.27. The summed E-state index contributed by atoms with van der Waals surface area (Å²) in [4.78, 5) is 11.3. The summed E-state index contributed by atoms with van der Waals surface area (Å²) in [6.45, 7) is 8.98. The van der Waals surface area contributed by atoms with Gasteiger partial charge in [0.25, 0.3) is 0 Å². The van der Waals surface area contributed by atoms with Crippen molar-refractivity contribution in [3.8, 4) is 5.88 Å². The number of thiazole rings is 1. The molecule has 0 amide bonds. The van der Waals surface area contributed by atoms with Crippen LogP contribution in [0.25, 0.3) is 0 Å². The maximum absolute atomic E-state index is 5.98. The van der Waals surface area contributed by atoms with Crippen LogP contribution < -0.4 is 15.1 Å². The van der Waals surface area contributed by atoms with Crippen LogP contribution in [0.5, 0.6) is 5.88 Å². The van der Waals surface area contributed by atoms with E-state index in [1.165, 1.54) is 5.56 Å². The first kappa shape index (κ1) is 22.7. The summed E-state index contributed by atoms with van der Waals surface area (Å²) < 4.78 is 5.98. The first-order valence-corrected chi connectivity index (χ1v) is 11.7. The molecular formula is C24H31N5OS. The van der Waals surface area contributed by atoms with Gasteiger partial charge in [-0.2, -0.15) is 10.1 Å². The van der Waals surface area contributed by atoms with E-state index < -0.39 is 0 Å². The Balaban J connectivity index is 1.75. The van der Waals surface area contributed by atoms with Crippen LogP contribution in [0.2, 0.25) is 0 Å². The number of hydrogen-bond donors (Lipinski definition) is 1. The standard InChI is InChI=1S/C24H31N5OS/c1-4-11-29(12-5-2)21-16-22(28-26-18-20-8-6-7-19(3)15-20)27-23(17-21)30-13-9-24-25-10-14-31-24/h6-8,10,14-18H,4-5,9,11-13H2,1-3H3,(H,27,28)/b26-18+. The topological polar surface area (TPSA) is 62.6 Å². The van der Waals surface area contributed by atoms with Crippen molar-refractivity contribution in [1.29, 1.82) is 0 Å². The van der Waals surface area contributed by atoms with Gasteiger partial charge in [-0.3, -0.25) is 5.43 Å². The van der Waals surface area contributed by atoms with Crippen LogP contribution in [0.1, 0.15) is 42.8 Å². The largest absolute Gasteiger partial charge is 0.477 e. The van der Waals surface area contributed by atoms with Crippen LogP contribution in [0.3, 0.4) is 0 Å². The SMILES string of the molecule is CCCN(CCC)c1cc(N/N=C/c2cccc(C)c2)nc(OCCc2nccs2)c1. The zero-order valence-corrected chi connectivity index (χ0v) is 19.4. The molecule has 0 saturated carbocycles. The maximum Gasteiger partial charge on any atom is 0.217 e. The number of nitrogens with one attached hydrogen (secondary N) is 1. The van der Waals surface area contributed by atoms with E-state index in [-0.39, 0.29) is 0 Å². The van der Waals surface area contributed by atoms with Crippen LogP contribution in [-0.2, 0) is 6.42 Å². The van der Waals surface area contributed by atoms with Crippen molar-refractivity contribution >= 4 is 29.1 Å². The minimum atomic E-state index is 0.539. The Kier molecular flexibility index (Phi) is 8.84. The second-order valence-corrected chi connectivity index (χ2v) is 8.32. The highest BCUT2D eigenvalue weighted by molar-refractivity contribution is 7.09. The van der Waals surface area contributed by atoms with Gasteiger partial charge in [-0.15, -0.1) is 11.3 Å². The van der Waals surface area contributed by atoms with Gasteiger partial charge >= 0.3 is 0 Å². The second-order valence-electron chi connectivity index (χ2n) is 7.34. The van der Waals surface area contributed by atoms with E-state index in [0.717, 1.165) is 48.6 Å². The molecule has 1 aromatic carbocycles. The molecule has 6 nitrogen and oxygen atoms in total. The van der Waals surface area contributed by atoms with Gasteiger partial charge in [0.1, 0.15) is 0 Å². The molecule has 164 valence electrons. The maximum atomic E-state index is 5.98. The molecule has 0 aliphatic heterocycles. The van der Waals surface area contributed by atoms with Gasteiger partial charge < -0.3 is 9.64 Å². The average molecular weight is 438 g/mol. The van der Waals surface area contributed by atoms with Crippen molar-refractivity contribution in [2.45, 2.75) is 40.0 Å². The highest BCUT2D eigenvalue weighted by Gasteiger charge is 2.10. The Morgan fingerprint density at radius 3 is 2.71 bits per heavy atom. The Morgan fingerprint density at radius 1 is 1.16 bits per heavy atom. The molecule has 0 atom stereocenters. The van der Waals surface area contributed by atoms with E-state index in [4.69, 9.17) is 4.74 Å². The van der Waals surface area contributed by atoms with E-state index in [1.807, 2.05) is 35.8 Å². The molecule has 0 aliphatic rings. The van der Waals surface area contributed by atoms with Crippen LogP contribution >= 0.6 is 11.3 Å². The van der Waals surface area contributed by atoms with Crippen LogP contribution in [0.15, 0.2) is 53.1 Å². The third kappa shape index (κ3) is 7.36. The van der Waals surface area contributed by atoms with Gasteiger partial charge in [0.15, 0.2) is 5.82 Å². The summed E-state index contributed by atoms with van der Waals surface area (Å²) >= 11 is 1.64. The molecular weight excluding hydrogens is 406 g/mol. The third-order valence-electron chi connectivity index (χ3n) is 4.62. The van der Waals surface area contributed by atoms with Crippen molar-refractivity contribution in [1.82, 2.24) is 9.97 Å². The summed E-state index contributed by atoms with van der Waals surface area (Å²) in [6, 6.07) is 12.3. The fourth-order valence-corrected chi connectivity index (χ4v) is 3.86. The molecule has 2 aromatic heterocycles. The molecule has 0 aliphatic carbocycles. The van der Waals surface area contributed by atoms with E-state index >= 15 is 0 Å². The summed E-state index contributed by atoms with van der Waals surface area (Å²) in [6.07, 6.45) is 6.56. The fourth-order valence-electron chi connectivity index (χ4n) is 3.26. The summed E-state index contributed by atoms with van der Waals surface area (Å²) in [7, 11) is 0. The molecule has 3 rings (SSSR count). The Morgan fingerprint density at radius 2 is 2.00 bits per heavy atom. The number of benzene rings is 1. The van der Waals surface area contributed by atoms with Gasteiger partial charge in [-0.25, -0.2) is 4.98 Å². The normalized spacial score (nSPS) is 11.1. The number of aryl methyl sites for hydroxylation is 1. The van der Waals surface area contributed by atoms with Crippen LogP contribution in [0, 0.1) is 6.92 Å². The second kappa shape index (κ2) is 12.1. The molecule has 3 aromatic rings. The third-order valence-corrected chi connectivity index (χ3v) is 5.46. The lowest BCUT2D eigenvalue weighted by Gasteiger charge is -2.24. The highest BCUT2D eigenvalue weighted by atomic mass is 32.1. The van der Waals surface area contributed by atoms with Crippen LogP contribution in [0.4, 0.5) is 11.5 Å². The van der Waals surface area contributed by atoms with E-state index in [9.17, 15) is 0 Å². The molecule has 0 fully saturated rings. The number of anilines is 2. The molecule has 2 heterocycles. The van der Waals surface area contributed by atoms with Crippen molar-refractivity contribution in [3.63, 3.8) is 0 Å². The van der Waals surface area contributed by atoms with Crippen LogP contribution in [-0.4, -0.2) is 35.9 Å². The zero-order valence-electron chi connectivity index (χ0n) is 18.5. The Hall–Kier alpha value is -2.93. The lowest BCUT2D eigenvalue weighted by Crippen LogP contribution is -2.25. The van der Waals surface area contributed by atoms with Gasteiger partial charge in [0, 0.05) is 48.9 Å². The smallest absolute Gasteiger partial charge is 0.217 e. The van der Waals surface area contributed by atoms with E-state index in [0.29, 0.717) is 18.3 Å². The number of rotatable bonds is 12. The summed E-state index contributed by atoms with van der Waals surface area (Å²) in [5.41, 5.74) is 6.42. The molecule has 1 N–H and O–H groups in total. The molecule has 0 spiro atoms. The number of nitrogens with zero attached hydrogens (tertiary/aromatic N) is 4. The van der Waals surface area contributed by atoms with Gasteiger partial charge in [-0.05, 0) is 25.3 Å². The monoisotopic (exact) mass is 437 g/mol. The highest BCUT2D eigenvalue weighted by Crippen LogP contribution is 2.25. The number of aromatic nitrogens is 2. The first-order chi connectivity index (χ1) is 15.2. The summed E-state index contributed by atoms with van der Waals surface area (Å²) in [5.74, 6) is 1.27. The number of ether oxygens (including phenoxy) is 1. The molecule has 7 heteroatoms. The fraction of sp³-hybridized carbons (Fsp3) is 0.375. The molecule has 0 saturated heterocycles. The van der Waals surface area contributed by atoms with Crippen molar-refractivity contribution in [3.05, 3.63) is 64.1 Å². The number of pyridine rings is 1. The van der Waals surface area contributed by atoms with Crippen molar-refractivity contribution in [2.75, 3.05) is 30.0 Å². The predicted octanol–water partition coefficient (Wildman–Crippen LogP) is 5.54.